The Balaban J connectivity index is 1.57. The Morgan fingerprint density at radius 2 is 1.71 bits per heavy atom. The Kier molecular flexibility index (Phi) is 6.21. The zero-order valence-corrected chi connectivity index (χ0v) is 16.5. The van der Waals surface area contributed by atoms with Gasteiger partial charge in [-0.1, -0.05) is 6.42 Å². The maximum Gasteiger partial charge on any atom is 0.309 e. The molecule has 7 heteroatoms. The second-order valence-electron chi connectivity index (χ2n) is 7.53. The van der Waals surface area contributed by atoms with E-state index < -0.39 is 12.0 Å². The lowest BCUT2D eigenvalue weighted by molar-refractivity contribution is -0.161. The van der Waals surface area contributed by atoms with Gasteiger partial charge in [-0.3, -0.25) is 14.4 Å². The van der Waals surface area contributed by atoms with Gasteiger partial charge in [0.15, 0.2) is 17.6 Å². The molecule has 2 fully saturated rings. The summed E-state index contributed by atoms with van der Waals surface area (Å²) in [4.78, 5) is 37.1. The lowest BCUT2D eigenvalue weighted by atomic mass is 9.67. The van der Waals surface area contributed by atoms with Crippen molar-refractivity contribution in [3.63, 3.8) is 0 Å². The zero-order chi connectivity index (χ0) is 20.3. The topological polar surface area (TPSA) is 90.9 Å². The van der Waals surface area contributed by atoms with Crippen molar-refractivity contribution in [3.05, 3.63) is 18.2 Å². The first-order valence-corrected chi connectivity index (χ1v) is 9.70. The van der Waals surface area contributed by atoms with E-state index in [1.165, 1.54) is 14.2 Å². The number of carbonyl (C=O) groups is 3. The molecule has 1 unspecified atom stereocenters. The SMILES string of the molecule is COc1ccc(NC(=O)[C@H](C)OC(=O)C2C[C@H]3CCC[C@@H](C2)C3=O)cc1OC. The number of carbonyl (C=O) groups excluding carboxylic acids is 3. The van der Waals surface area contributed by atoms with Crippen molar-refractivity contribution >= 4 is 23.3 Å². The van der Waals surface area contributed by atoms with Gasteiger partial charge in [0.05, 0.1) is 20.1 Å². The summed E-state index contributed by atoms with van der Waals surface area (Å²) in [5, 5.41) is 2.72. The highest BCUT2D eigenvalue weighted by molar-refractivity contribution is 5.95. The molecular weight excluding hydrogens is 362 g/mol. The minimum atomic E-state index is -0.932. The van der Waals surface area contributed by atoms with E-state index in [1.807, 2.05) is 0 Å². The fraction of sp³-hybridized carbons (Fsp3) is 0.571. The van der Waals surface area contributed by atoms with Crippen LogP contribution in [0.3, 0.4) is 0 Å². The van der Waals surface area contributed by atoms with Crippen molar-refractivity contribution in [1.29, 1.82) is 0 Å². The molecule has 2 bridgehead atoms. The van der Waals surface area contributed by atoms with Crippen molar-refractivity contribution in [3.8, 4) is 11.5 Å². The standard InChI is InChI=1S/C21H27NO6/c1-12(20(24)22-16-7-8-17(26-2)18(11-16)27-3)28-21(25)15-9-13-5-4-6-14(10-15)19(13)23/h7-8,11-15H,4-6,9-10H2,1-3H3,(H,22,24)/t12-,13-,14+,15?/m0/s1. The Morgan fingerprint density at radius 3 is 2.32 bits per heavy atom. The highest BCUT2D eigenvalue weighted by atomic mass is 16.5. The fourth-order valence-corrected chi connectivity index (χ4v) is 4.15. The molecule has 0 spiro atoms. The molecule has 2 aliphatic rings. The number of amides is 1. The van der Waals surface area contributed by atoms with Crippen LogP contribution in [0.1, 0.15) is 39.0 Å². The summed E-state index contributed by atoms with van der Waals surface area (Å²) in [5.74, 6) is 0.175. The van der Waals surface area contributed by atoms with Gasteiger partial charge in [0.25, 0.3) is 5.91 Å². The van der Waals surface area contributed by atoms with Crippen LogP contribution in [0.25, 0.3) is 0 Å². The first-order valence-electron chi connectivity index (χ1n) is 9.70. The van der Waals surface area contributed by atoms with Gasteiger partial charge < -0.3 is 19.5 Å². The van der Waals surface area contributed by atoms with Crippen LogP contribution in [0.4, 0.5) is 5.69 Å². The highest BCUT2D eigenvalue weighted by Crippen LogP contribution is 2.40. The molecule has 7 nitrogen and oxygen atoms in total. The fourth-order valence-electron chi connectivity index (χ4n) is 4.15. The van der Waals surface area contributed by atoms with E-state index in [9.17, 15) is 14.4 Å². The molecular formula is C21H27NO6. The minimum absolute atomic E-state index is 0.0269. The van der Waals surface area contributed by atoms with Gasteiger partial charge in [0.2, 0.25) is 0 Å². The van der Waals surface area contributed by atoms with E-state index in [4.69, 9.17) is 14.2 Å². The molecule has 2 aliphatic carbocycles. The van der Waals surface area contributed by atoms with Crippen LogP contribution < -0.4 is 14.8 Å². The van der Waals surface area contributed by atoms with Crippen molar-refractivity contribution in [2.24, 2.45) is 17.8 Å². The molecule has 2 saturated carbocycles. The number of Topliss-reactive ketones (excluding diaryl/α,β-unsaturated/α-hetero) is 1. The van der Waals surface area contributed by atoms with E-state index >= 15 is 0 Å². The van der Waals surface area contributed by atoms with Crippen LogP contribution in [0.15, 0.2) is 18.2 Å². The van der Waals surface area contributed by atoms with Gasteiger partial charge in [-0.05, 0) is 44.7 Å². The van der Waals surface area contributed by atoms with E-state index in [1.54, 1.807) is 25.1 Å². The molecule has 1 amide bonds. The first kappa shape index (κ1) is 20.2. The quantitative estimate of drug-likeness (QED) is 0.752. The largest absolute Gasteiger partial charge is 0.493 e. The number of fused-ring (bicyclic) bond motifs is 2. The second kappa shape index (κ2) is 8.63. The van der Waals surface area contributed by atoms with E-state index in [0.717, 1.165) is 19.3 Å². The predicted octanol–water partition coefficient (Wildman–Crippen LogP) is 2.97. The lowest BCUT2D eigenvalue weighted by Crippen LogP contribution is -2.41. The number of benzene rings is 1. The number of rotatable bonds is 6. The van der Waals surface area contributed by atoms with Crippen molar-refractivity contribution in [2.75, 3.05) is 19.5 Å². The Hall–Kier alpha value is -2.57. The van der Waals surface area contributed by atoms with Gasteiger partial charge >= 0.3 is 5.97 Å². The lowest BCUT2D eigenvalue weighted by Gasteiger charge is -2.36. The molecule has 1 aromatic rings. The first-order chi connectivity index (χ1) is 13.4. The molecule has 0 aliphatic heterocycles. The molecule has 1 aromatic carbocycles. The number of hydrogen-bond acceptors (Lipinski definition) is 6. The van der Waals surface area contributed by atoms with Gasteiger partial charge in [0.1, 0.15) is 5.78 Å². The van der Waals surface area contributed by atoms with Crippen LogP contribution in [-0.2, 0) is 19.1 Å². The van der Waals surface area contributed by atoms with Gasteiger partial charge in [-0.25, -0.2) is 0 Å². The van der Waals surface area contributed by atoms with Crippen LogP contribution >= 0.6 is 0 Å². The van der Waals surface area contributed by atoms with Crippen molar-refractivity contribution in [2.45, 2.75) is 45.1 Å². The average molecular weight is 389 g/mol. The summed E-state index contributed by atoms with van der Waals surface area (Å²) in [6.07, 6.45) is 2.91. The molecule has 0 aromatic heterocycles. The summed E-state index contributed by atoms with van der Waals surface area (Å²) >= 11 is 0. The monoisotopic (exact) mass is 389 g/mol. The number of ether oxygens (including phenoxy) is 3. The molecule has 152 valence electrons. The van der Waals surface area contributed by atoms with Crippen LogP contribution in [0.2, 0.25) is 0 Å². The Morgan fingerprint density at radius 1 is 1.07 bits per heavy atom. The summed E-state index contributed by atoms with van der Waals surface area (Å²) in [5.41, 5.74) is 0.517. The molecule has 3 rings (SSSR count). The number of nitrogens with one attached hydrogen (secondary N) is 1. The maximum absolute atomic E-state index is 12.5. The Bertz CT molecular complexity index is 745. The van der Waals surface area contributed by atoms with E-state index in [0.29, 0.717) is 35.8 Å². The number of ketones is 1. The van der Waals surface area contributed by atoms with Crippen molar-refractivity contribution in [1.82, 2.24) is 0 Å². The maximum atomic E-state index is 12.5. The number of anilines is 1. The van der Waals surface area contributed by atoms with Crippen LogP contribution in [-0.4, -0.2) is 38.0 Å². The molecule has 0 saturated heterocycles. The molecule has 0 heterocycles. The zero-order valence-electron chi connectivity index (χ0n) is 16.5. The normalized spacial score (nSPS) is 24.8. The second-order valence-corrected chi connectivity index (χ2v) is 7.53. The molecule has 4 atom stereocenters. The van der Waals surface area contributed by atoms with Gasteiger partial charge in [-0.15, -0.1) is 0 Å². The Labute approximate surface area is 164 Å². The predicted molar refractivity (Wildman–Crippen MR) is 102 cm³/mol. The van der Waals surface area contributed by atoms with Crippen LogP contribution in [0.5, 0.6) is 11.5 Å². The summed E-state index contributed by atoms with van der Waals surface area (Å²) in [6.45, 7) is 1.54. The number of esters is 1. The molecule has 1 N–H and O–H groups in total. The molecule has 28 heavy (non-hydrogen) atoms. The third-order valence-electron chi connectivity index (χ3n) is 5.69. The summed E-state index contributed by atoms with van der Waals surface area (Å²) in [6, 6.07) is 5.00. The number of hydrogen-bond donors (Lipinski definition) is 1. The van der Waals surface area contributed by atoms with Gasteiger partial charge in [0, 0.05) is 23.6 Å². The van der Waals surface area contributed by atoms with Gasteiger partial charge in [-0.2, -0.15) is 0 Å². The third-order valence-corrected chi connectivity index (χ3v) is 5.69. The smallest absolute Gasteiger partial charge is 0.309 e. The van der Waals surface area contributed by atoms with Crippen LogP contribution in [0, 0.1) is 17.8 Å². The number of methoxy groups -OCH3 is 2. The molecule has 0 radical (unpaired) electrons. The summed E-state index contributed by atoms with van der Waals surface area (Å²) < 4.78 is 15.8. The summed E-state index contributed by atoms with van der Waals surface area (Å²) in [7, 11) is 3.04. The van der Waals surface area contributed by atoms with E-state index in [2.05, 4.69) is 5.32 Å². The average Bonchev–Trinajstić information content (AvgIpc) is 2.67. The van der Waals surface area contributed by atoms with E-state index in [-0.39, 0.29) is 23.7 Å². The highest BCUT2D eigenvalue weighted by Gasteiger charge is 2.42. The van der Waals surface area contributed by atoms with Crippen molar-refractivity contribution < 1.29 is 28.6 Å². The minimum Gasteiger partial charge on any atom is -0.493 e. The third kappa shape index (κ3) is 4.29.